The number of pyridine rings is 1. The molecular weight excluding hydrogens is 244 g/mol. The zero-order valence-electron chi connectivity index (χ0n) is 10.5. The van der Waals surface area contributed by atoms with Crippen LogP contribution in [-0.2, 0) is 9.59 Å². The van der Waals surface area contributed by atoms with Crippen LogP contribution >= 0.6 is 0 Å². The molecule has 1 atom stereocenters. The Morgan fingerprint density at radius 3 is 2.95 bits per heavy atom. The second-order valence-electron chi connectivity index (χ2n) is 4.55. The molecule has 2 rings (SSSR count). The molecule has 1 aromatic heterocycles. The molecule has 0 aromatic carbocycles. The zero-order valence-corrected chi connectivity index (χ0v) is 10.5. The van der Waals surface area contributed by atoms with E-state index in [-0.39, 0.29) is 5.91 Å². The van der Waals surface area contributed by atoms with Gasteiger partial charge in [-0.3, -0.25) is 14.6 Å². The van der Waals surface area contributed by atoms with Crippen LogP contribution in [0.5, 0.6) is 0 Å². The van der Waals surface area contributed by atoms with E-state index < -0.39 is 11.9 Å². The summed E-state index contributed by atoms with van der Waals surface area (Å²) < 4.78 is 0. The second kappa shape index (κ2) is 6.13. The standard InChI is InChI=1S/C14H16N2O3/c17-13(7-6-12-5-1-2-8-15-12)16-9-3-4-11(10-16)14(18)19/h1-2,5-8,11H,3-4,9-10H2,(H,18,19)/b7-6+. The monoisotopic (exact) mass is 260 g/mol. The van der Waals surface area contributed by atoms with E-state index in [9.17, 15) is 9.59 Å². The topological polar surface area (TPSA) is 70.5 Å². The summed E-state index contributed by atoms with van der Waals surface area (Å²) in [6, 6.07) is 5.46. The molecule has 1 aliphatic heterocycles. The van der Waals surface area contributed by atoms with Gasteiger partial charge in [-0.1, -0.05) is 6.07 Å². The minimum atomic E-state index is -0.828. The smallest absolute Gasteiger partial charge is 0.308 e. The van der Waals surface area contributed by atoms with E-state index >= 15 is 0 Å². The number of aromatic nitrogens is 1. The molecule has 1 amide bonds. The molecule has 0 bridgehead atoms. The van der Waals surface area contributed by atoms with E-state index in [4.69, 9.17) is 5.11 Å². The van der Waals surface area contributed by atoms with Gasteiger partial charge in [0.1, 0.15) is 0 Å². The van der Waals surface area contributed by atoms with Gasteiger partial charge in [0.2, 0.25) is 5.91 Å². The normalized spacial score (nSPS) is 19.6. The maximum Gasteiger partial charge on any atom is 0.308 e. The van der Waals surface area contributed by atoms with E-state index in [0.717, 1.165) is 6.42 Å². The summed E-state index contributed by atoms with van der Waals surface area (Å²) in [6.45, 7) is 0.913. The number of carbonyl (C=O) groups is 2. The van der Waals surface area contributed by atoms with Gasteiger partial charge in [-0.2, -0.15) is 0 Å². The molecule has 0 saturated carbocycles. The Morgan fingerprint density at radius 1 is 1.42 bits per heavy atom. The molecule has 1 N–H and O–H groups in total. The Labute approximate surface area is 111 Å². The van der Waals surface area contributed by atoms with Crippen LogP contribution in [0, 0.1) is 5.92 Å². The number of nitrogens with zero attached hydrogens (tertiary/aromatic N) is 2. The molecular formula is C14H16N2O3. The molecule has 5 nitrogen and oxygen atoms in total. The van der Waals surface area contributed by atoms with Crippen LogP contribution in [0.15, 0.2) is 30.5 Å². The highest BCUT2D eigenvalue weighted by Gasteiger charge is 2.26. The van der Waals surface area contributed by atoms with Gasteiger partial charge in [0.15, 0.2) is 0 Å². The predicted molar refractivity (Wildman–Crippen MR) is 70.2 cm³/mol. The van der Waals surface area contributed by atoms with E-state index in [2.05, 4.69) is 4.98 Å². The average molecular weight is 260 g/mol. The summed E-state index contributed by atoms with van der Waals surface area (Å²) in [4.78, 5) is 28.6. The van der Waals surface area contributed by atoms with Crippen molar-refractivity contribution < 1.29 is 14.7 Å². The van der Waals surface area contributed by atoms with Crippen molar-refractivity contribution >= 4 is 18.0 Å². The number of rotatable bonds is 3. The fraction of sp³-hybridized carbons (Fsp3) is 0.357. The van der Waals surface area contributed by atoms with E-state index in [1.165, 1.54) is 6.08 Å². The number of carbonyl (C=O) groups excluding carboxylic acids is 1. The number of likely N-dealkylation sites (tertiary alicyclic amines) is 1. The van der Waals surface area contributed by atoms with Crippen LogP contribution in [0.4, 0.5) is 0 Å². The van der Waals surface area contributed by atoms with Crippen molar-refractivity contribution in [1.82, 2.24) is 9.88 Å². The first-order chi connectivity index (χ1) is 9.16. The van der Waals surface area contributed by atoms with Gasteiger partial charge in [-0.25, -0.2) is 0 Å². The highest BCUT2D eigenvalue weighted by Crippen LogP contribution is 2.17. The van der Waals surface area contributed by atoms with Crippen molar-refractivity contribution in [3.05, 3.63) is 36.2 Å². The summed E-state index contributed by atoms with van der Waals surface area (Å²) in [6.07, 6.45) is 6.13. The number of hydrogen-bond acceptors (Lipinski definition) is 3. The third kappa shape index (κ3) is 3.64. The number of carboxylic acid groups (broad SMARTS) is 1. The van der Waals surface area contributed by atoms with E-state index in [1.54, 1.807) is 29.3 Å². The predicted octanol–water partition coefficient (Wildman–Crippen LogP) is 1.42. The lowest BCUT2D eigenvalue weighted by Gasteiger charge is -2.29. The maximum absolute atomic E-state index is 12.0. The quantitative estimate of drug-likeness (QED) is 0.834. The molecule has 5 heteroatoms. The molecule has 100 valence electrons. The van der Waals surface area contributed by atoms with Crippen LogP contribution in [-0.4, -0.2) is 40.0 Å². The summed E-state index contributed by atoms with van der Waals surface area (Å²) >= 11 is 0. The van der Waals surface area contributed by atoms with E-state index in [1.807, 2.05) is 6.07 Å². The van der Waals surface area contributed by atoms with Gasteiger partial charge < -0.3 is 10.0 Å². The molecule has 1 saturated heterocycles. The largest absolute Gasteiger partial charge is 0.481 e. The first-order valence-corrected chi connectivity index (χ1v) is 6.27. The van der Waals surface area contributed by atoms with Gasteiger partial charge in [-0.05, 0) is 31.1 Å². The third-order valence-corrected chi connectivity index (χ3v) is 3.17. The van der Waals surface area contributed by atoms with Crippen molar-refractivity contribution in [3.8, 4) is 0 Å². The zero-order chi connectivity index (χ0) is 13.7. The fourth-order valence-electron chi connectivity index (χ4n) is 2.12. The van der Waals surface area contributed by atoms with Crippen molar-refractivity contribution in [2.24, 2.45) is 5.92 Å². The molecule has 1 fully saturated rings. The fourth-order valence-corrected chi connectivity index (χ4v) is 2.12. The van der Waals surface area contributed by atoms with Crippen LogP contribution < -0.4 is 0 Å². The number of aliphatic carboxylic acids is 1. The summed E-state index contributed by atoms with van der Waals surface area (Å²) in [7, 11) is 0. The van der Waals surface area contributed by atoms with Gasteiger partial charge in [-0.15, -0.1) is 0 Å². The van der Waals surface area contributed by atoms with Crippen LogP contribution in [0.1, 0.15) is 18.5 Å². The van der Waals surface area contributed by atoms with E-state index in [0.29, 0.717) is 25.2 Å². The van der Waals surface area contributed by atoms with Crippen LogP contribution in [0.3, 0.4) is 0 Å². The first-order valence-electron chi connectivity index (χ1n) is 6.27. The van der Waals surface area contributed by atoms with Crippen LogP contribution in [0.2, 0.25) is 0 Å². The Kier molecular flexibility index (Phi) is 4.28. The lowest BCUT2D eigenvalue weighted by molar-refractivity contribution is -0.144. The molecule has 19 heavy (non-hydrogen) atoms. The van der Waals surface area contributed by atoms with Crippen molar-refractivity contribution in [2.75, 3.05) is 13.1 Å². The Morgan fingerprint density at radius 2 is 2.26 bits per heavy atom. The lowest BCUT2D eigenvalue weighted by Crippen LogP contribution is -2.41. The molecule has 0 aliphatic carbocycles. The summed E-state index contributed by atoms with van der Waals surface area (Å²) in [5.74, 6) is -1.43. The van der Waals surface area contributed by atoms with Gasteiger partial charge in [0, 0.05) is 25.4 Å². The average Bonchev–Trinajstić information content (AvgIpc) is 2.46. The Hall–Kier alpha value is -2.17. The van der Waals surface area contributed by atoms with Crippen molar-refractivity contribution in [3.63, 3.8) is 0 Å². The Bertz CT molecular complexity index is 485. The van der Waals surface area contributed by atoms with Crippen molar-refractivity contribution in [1.29, 1.82) is 0 Å². The first kappa shape index (κ1) is 13.3. The minimum absolute atomic E-state index is 0.156. The van der Waals surface area contributed by atoms with Gasteiger partial charge in [0.05, 0.1) is 11.6 Å². The molecule has 1 aromatic rings. The van der Waals surface area contributed by atoms with Gasteiger partial charge >= 0.3 is 5.97 Å². The molecule has 1 unspecified atom stereocenters. The molecule has 2 heterocycles. The highest BCUT2D eigenvalue weighted by molar-refractivity contribution is 5.91. The SMILES string of the molecule is O=C(O)C1CCCN(C(=O)/C=C/c2ccccn2)C1. The number of carboxylic acids is 1. The second-order valence-corrected chi connectivity index (χ2v) is 4.55. The summed E-state index contributed by atoms with van der Waals surface area (Å²) in [5, 5.41) is 8.98. The Balaban J connectivity index is 1.96. The highest BCUT2D eigenvalue weighted by atomic mass is 16.4. The molecule has 1 aliphatic rings. The van der Waals surface area contributed by atoms with Crippen LogP contribution in [0.25, 0.3) is 6.08 Å². The third-order valence-electron chi connectivity index (χ3n) is 3.17. The minimum Gasteiger partial charge on any atom is -0.481 e. The van der Waals surface area contributed by atoms with Gasteiger partial charge in [0.25, 0.3) is 0 Å². The lowest BCUT2D eigenvalue weighted by atomic mass is 9.98. The number of hydrogen-bond donors (Lipinski definition) is 1. The molecule has 0 spiro atoms. The summed E-state index contributed by atoms with van der Waals surface area (Å²) in [5.41, 5.74) is 0.711. The number of piperidine rings is 1. The van der Waals surface area contributed by atoms with Crippen molar-refractivity contribution in [2.45, 2.75) is 12.8 Å². The molecule has 0 radical (unpaired) electrons. The number of amides is 1. The maximum atomic E-state index is 12.0.